The van der Waals surface area contributed by atoms with E-state index in [9.17, 15) is 9.90 Å². The molecule has 4 rings (SSSR count). The van der Waals surface area contributed by atoms with Gasteiger partial charge in [-0.15, -0.1) is 10.2 Å². The molecule has 1 aliphatic carbocycles. The van der Waals surface area contributed by atoms with E-state index in [2.05, 4.69) is 25.3 Å². The Balaban J connectivity index is 1.43. The largest absolute Gasteiger partial charge is 0.504 e. The van der Waals surface area contributed by atoms with Gasteiger partial charge in [-0.05, 0) is 60.9 Å². The van der Waals surface area contributed by atoms with Crippen molar-refractivity contribution in [2.45, 2.75) is 43.3 Å². The molecule has 0 atom stereocenters. The van der Waals surface area contributed by atoms with Crippen LogP contribution in [0, 0.1) is 0 Å². The highest BCUT2D eigenvalue weighted by Crippen LogP contribution is 2.35. The normalized spacial score (nSPS) is 14.4. The first-order chi connectivity index (χ1) is 16.5. The maximum Gasteiger partial charge on any atom is 0.250 e. The second kappa shape index (κ2) is 11.4. The van der Waals surface area contributed by atoms with Gasteiger partial charge in [-0.1, -0.05) is 42.6 Å². The number of ether oxygens (including phenoxy) is 1. The number of phenolic OH excluding ortho intramolecular Hbond substituents is 1. The summed E-state index contributed by atoms with van der Waals surface area (Å²) in [5.41, 5.74) is 4.17. The lowest BCUT2D eigenvalue weighted by atomic mass is 9.95. The van der Waals surface area contributed by atoms with Crippen LogP contribution in [0.4, 0.5) is 0 Å². The summed E-state index contributed by atoms with van der Waals surface area (Å²) in [5, 5.41) is 23.9. The van der Waals surface area contributed by atoms with Crippen molar-refractivity contribution in [3.8, 4) is 22.9 Å². The van der Waals surface area contributed by atoms with Crippen molar-refractivity contribution < 1.29 is 14.6 Å². The Hall–Kier alpha value is -3.04. The summed E-state index contributed by atoms with van der Waals surface area (Å²) in [6, 6.07) is 12.7. The van der Waals surface area contributed by atoms with Crippen molar-refractivity contribution in [3.63, 3.8) is 0 Å². The SMILES string of the molecule is COc1cc(C=NNC(=O)CSc2nnc(-c3ccc(Cl)cc3)n2C2CCCCC2)ccc1O. The van der Waals surface area contributed by atoms with E-state index in [1.165, 1.54) is 50.4 Å². The fourth-order valence-electron chi connectivity index (χ4n) is 3.96. The standard InChI is InChI=1S/C24H26ClN5O3S/c1-33-21-13-16(7-12-20(21)31)14-26-27-22(32)15-34-24-29-28-23(17-8-10-18(25)11-9-17)30(24)19-5-3-2-4-6-19/h7-14,19,31H,2-6,15H2,1H3,(H,27,32). The summed E-state index contributed by atoms with van der Waals surface area (Å²) in [4.78, 5) is 12.4. The minimum Gasteiger partial charge on any atom is -0.504 e. The zero-order valence-corrected chi connectivity index (χ0v) is 20.3. The molecule has 0 spiro atoms. The minimum absolute atomic E-state index is 0.0418. The summed E-state index contributed by atoms with van der Waals surface area (Å²) >= 11 is 7.41. The van der Waals surface area contributed by atoms with Crippen LogP contribution in [-0.4, -0.2) is 44.9 Å². The third-order valence-electron chi connectivity index (χ3n) is 5.65. The number of carbonyl (C=O) groups excluding carboxylic acids is 1. The molecule has 2 N–H and O–H groups in total. The molecule has 1 heterocycles. The Morgan fingerprint density at radius 1 is 1.24 bits per heavy atom. The van der Waals surface area contributed by atoms with Crippen LogP contribution in [0.3, 0.4) is 0 Å². The molecule has 3 aromatic rings. The van der Waals surface area contributed by atoms with E-state index >= 15 is 0 Å². The van der Waals surface area contributed by atoms with Gasteiger partial charge in [-0.3, -0.25) is 9.36 Å². The molecule has 0 bridgehead atoms. The van der Waals surface area contributed by atoms with Crippen molar-refractivity contribution >= 4 is 35.5 Å². The first-order valence-corrected chi connectivity index (χ1v) is 12.4. The van der Waals surface area contributed by atoms with Crippen LogP contribution in [0.1, 0.15) is 43.7 Å². The van der Waals surface area contributed by atoms with Crippen molar-refractivity contribution in [2.75, 3.05) is 12.9 Å². The summed E-state index contributed by atoms with van der Waals surface area (Å²) in [6.07, 6.45) is 7.21. The quantitative estimate of drug-likeness (QED) is 0.255. The van der Waals surface area contributed by atoms with Gasteiger partial charge in [0.1, 0.15) is 0 Å². The van der Waals surface area contributed by atoms with E-state index in [1.807, 2.05) is 24.3 Å². The number of thioether (sulfide) groups is 1. The Kier molecular flexibility index (Phi) is 8.08. The lowest BCUT2D eigenvalue weighted by Gasteiger charge is -2.25. The Morgan fingerprint density at radius 3 is 2.74 bits per heavy atom. The number of rotatable bonds is 8. The molecule has 1 aromatic heterocycles. The summed E-state index contributed by atoms with van der Waals surface area (Å²) in [6.45, 7) is 0. The van der Waals surface area contributed by atoms with Crippen molar-refractivity contribution in [1.82, 2.24) is 20.2 Å². The molecular weight excluding hydrogens is 474 g/mol. The summed E-state index contributed by atoms with van der Waals surface area (Å²) < 4.78 is 7.25. The number of amides is 1. The van der Waals surface area contributed by atoms with Crippen LogP contribution < -0.4 is 10.2 Å². The van der Waals surface area contributed by atoms with E-state index in [1.54, 1.807) is 12.1 Å². The molecule has 10 heteroatoms. The highest BCUT2D eigenvalue weighted by Gasteiger charge is 2.24. The maximum absolute atomic E-state index is 12.4. The monoisotopic (exact) mass is 499 g/mol. The topological polar surface area (TPSA) is 102 Å². The number of aromatic hydroxyl groups is 1. The van der Waals surface area contributed by atoms with Gasteiger partial charge in [-0.2, -0.15) is 5.10 Å². The second-order valence-electron chi connectivity index (χ2n) is 7.99. The number of hydrogen-bond donors (Lipinski definition) is 2. The summed E-state index contributed by atoms with van der Waals surface area (Å²) in [5.74, 6) is 1.08. The average Bonchev–Trinajstić information content (AvgIpc) is 3.28. The fourth-order valence-corrected chi connectivity index (χ4v) is 4.88. The third-order valence-corrected chi connectivity index (χ3v) is 6.84. The van der Waals surface area contributed by atoms with Crippen LogP contribution in [0.2, 0.25) is 5.02 Å². The van der Waals surface area contributed by atoms with Gasteiger partial charge >= 0.3 is 0 Å². The molecule has 1 amide bonds. The molecule has 1 aliphatic rings. The zero-order chi connectivity index (χ0) is 23.9. The number of nitrogens with one attached hydrogen (secondary N) is 1. The number of halogens is 1. The van der Waals surface area contributed by atoms with Crippen molar-refractivity contribution in [2.24, 2.45) is 5.10 Å². The lowest BCUT2D eigenvalue weighted by molar-refractivity contribution is -0.118. The molecule has 2 aromatic carbocycles. The molecular formula is C24H26ClN5O3S. The van der Waals surface area contributed by atoms with E-state index in [4.69, 9.17) is 16.3 Å². The average molecular weight is 500 g/mol. The van der Waals surface area contributed by atoms with Crippen LogP contribution in [0.5, 0.6) is 11.5 Å². The highest BCUT2D eigenvalue weighted by atomic mass is 35.5. The van der Waals surface area contributed by atoms with Crippen molar-refractivity contribution in [3.05, 3.63) is 53.1 Å². The molecule has 0 radical (unpaired) electrons. The van der Waals surface area contributed by atoms with E-state index < -0.39 is 0 Å². The summed E-state index contributed by atoms with van der Waals surface area (Å²) in [7, 11) is 1.47. The first kappa shape index (κ1) is 24.1. The fraction of sp³-hybridized carbons (Fsp3) is 0.333. The molecule has 34 heavy (non-hydrogen) atoms. The number of methoxy groups -OCH3 is 1. The smallest absolute Gasteiger partial charge is 0.250 e. The number of aromatic nitrogens is 3. The second-order valence-corrected chi connectivity index (χ2v) is 9.37. The Morgan fingerprint density at radius 2 is 2.00 bits per heavy atom. The number of hydrogen-bond acceptors (Lipinski definition) is 7. The predicted molar refractivity (Wildman–Crippen MR) is 134 cm³/mol. The van der Waals surface area contributed by atoms with Gasteiger partial charge in [0.2, 0.25) is 0 Å². The van der Waals surface area contributed by atoms with Gasteiger partial charge in [0.05, 0.1) is 19.1 Å². The molecule has 1 saturated carbocycles. The number of benzene rings is 2. The first-order valence-electron chi connectivity index (χ1n) is 11.1. The number of phenols is 1. The molecule has 0 unspecified atom stereocenters. The van der Waals surface area contributed by atoms with Crippen LogP contribution in [0.15, 0.2) is 52.7 Å². The van der Waals surface area contributed by atoms with E-state index in [0.29, 0.717) is 22.4 Å². The Labute approximate surface area is 207 Å². The van der Waals surface area contributed by atoms with E-state index in [0.717, 1.165) is 29.4 Å². The molecule has 178 valence electrons. The zero-order valence-electron chi connectivity index (χ0n) is 18.8. The highest BCUT2D eigenvalue weighted by molar-refractivity contribution is 7.99. The van der Waals surface area contributed by atoms with Crippen molar-refractivity contribution in [1.29, 1.82) is 0 Å². The van der Waals surface area contributed by atoms with Crippen LogP contribution >= 0.6 is 23.4 Å². The Bertz CT molecular complexity index is 1160. The van der Waals surface area contributed by atoms with Gasteiger partial charge in [0.15, 0.2) is 22.5 Å². The number of carbonyl (C=O) groups is 1. The lowest BCUT2D eigenvalue weighted by Crippen LogP contribution is -2.20. The molecule has 8 nitrogen and oxygen atoms in total. The third kappa shape index (κ3) is 5.90. The number of nitrogens with zero attached hydrogens (tertiary/aromatic N) is 4. The van der Waals surface area contributed by atoms with Gasteiger partial charge in [0, 0.05) is 16.6 Å². The van der Waals surface area contributed by atoms with Crippen LogP contribution in [0.25, 0.3) is 11.4 Å². The van der Waals surface area contributed by atoms with E-state index in [-0.39, 0.29) is 17.4 Å². The molecule has 1 fully saturated rings. The van der Waals surface area contributed by atoms with Crippen LogP contribution in [-0.2, 0) is 4.79 Å². The molecule has 0 aliphatic heterocycles. The van der Waals surface area contributed by atoms with Gasteiger partial charge in [-0.25, -0.2) is 5.43 Å². The minimum atomic E-state index is -0.252. The van der Waals surface area contributed by atoms with Gasteiger partial charge < -0.3 is 9.84 Å². The predicted octanol–water partition coefficient (Wildman–Crippen LogP) is 5.06. The van der Waals surface area contributed by atoms with Gasteiger partial charge in [0.25, 0.3) is 5.91 Å². The number of hydrazone groups is 1. The maximum atomic E-state index is 12.4. The molecule has 0 saturated heterocycles.